The van der Waals surface area contributed by atoms with Crippen LogP contribution in [0.2, 0.25) is 0 Å². The van der Waals surface area contributed by atoms with E-state index in [1.165, 1.54) is 17.9 Å². The van der Waals surface area contributed by atoms with Gasteiger partial charge in [-0.3, -0.25) is 0 Å². The number of nitrogens with two attached hydrogens (primary N) is 1. The van der Waals surface area contributed by atoms with Crippen LogP contribution in [-0.4, -0.2) is 35.7 Å². The Balaban J connectivity index is 3.03. The molecule has 1 heterocycles. The van der Waals surface area contributed by atoms with Crippen molar-refractivity contribution < 1.29 is 13.5 Å². The van der Waals surface area contributed by atoms with Gasteiger partial charge in [0.2, 0.25) is 0 Å². The molecule has 4 N–H and O–H groups in total. The molecular weight excluding hydrogens is 232 g/mol. The van der Waals surface area contributed by atoms with Crippen molar-refractivity contribution in [3.8, 4) is 0 Å². The van der Waals surface area contributed by atoms with Crippen molar-refractivity contribution in [2.75, 3.05) is 12.3 Å². The first kappa shape index (κ1) is 12.9. The predicted octanol–water partition coefficient (Wildman–Crippen LogP) is -0.948. The van der Waals surface area contributed by atoms with Gasteiger partial charge < -0.3 is 15.4 Å². The maximum atomic E-state index is 11.9. The zero-order valence-electron chi connectivity index (χ0n) is 9.21. The molecule has 0 bridgehead atoms. The van der Waals surface area contributed by atoms with Crippen LogP contribution in [0.3, 0.4) is 0 Å². The van der Waals surface area contributed by atoms with Gasteiger partial charge in [0.15, 0.2) is 10.8 Å². The number of aryl methyl sites for hydroxylation is 1. The molecule has 1 rings (SSSR count). The molecule has 0 aromatic carbocycles. The Morgan fingerprint density at radius 3 is 2.69 bits per heavy atom. The normalized spacial score (nSPS) is 13.9. The number of aromatic nitrogens is 2. The van der Waals surface area contributed by atoms with E-state index in [1.54, 1.807) is 6.92 Å². The van der Waals surface area contributed by atoms with Crippen molar-refractivity contribution in [3.63, 3.8) is 0 Å². The lowest BCUT2D eigenvalue weighted by molar-refractivity contribution is 0.253. The summed E-state index contributed by atoms with van der Waals surface area (Å²) in [6.45, 7) is 1.52. The minimum absolute atomic E-state index is 0.0530. The van der Waals surface area contributed by atoms with Crippen molar-refractivity contribution in [1.82, 2.24) is 14.3 Å². The lowest BCUT2D eigenvalue weighted by Gasteiger charge is -2.14. The van der Waals surface area contributed by atoms with Gasteiger partial charge in [-0.25, -0.2) is 18.1 Å². The average Bonchev–Trinajstić information content (AvgIpc) is 2.55. The quantitative estimate of drug-likeness (QED) is 0.622. The summed E-state index contributed by atoms with van der Waals surface area (Å²) < 4.78 is 27.5. The number of nitrogens with one attached hydrogen (secondary N) is 1. The molecular formula is C8H16N4O3S. The zero-order valence-corrected chi connectivity index (χ0v) is 10.0. The van der Waals surface area contributed by atoms with Crippen LogP contribution in [0.15, 0.2) is 11.4 Å². The number of nitrogens with zero attached hydrogens (tertiary/aromatic N) is 2. The summed E-state index contributed by atoms with van der Waals surface area (Å²) in [5.41, 5.74) is 5.47. The fourth-order valence-corrected chi connectivity index (χ4v) is 2.84. The summed E-state index contributed by atoms with van der Waals surface area (Å²) in [7, 11) is -2.20. The highest BCUT2D eigenvalue weighted by Crippen LogP contribution is 2.15. The average molecular weight is 248 g/mol. The summed E-state index contributed by atoms with van der Waals surface area (Å²) >= 11 is 0. The van der Waals surface area contributed by atoms with Crippen LogP contribution in [-0.2, 0) is 17.1 Å². The molecule has 0 aliphatic heterocycles. The van der Waals surface area contributed by atoms with Gasteiger partial charge in [0.25, 0.3) is 10.0 Å². The summed E-state index contributed by atoms with van der Waals surface area (Å²) in [5.74, 6) is -0.0530. The molecule has 0 amide bonds. The van der Waals surface area contributed by atoms with Gasteiger partial charge in [-0.1, -0.05) is 6.92 Å². The number of nitrogen functional groups attached to an aromatic ring is 1. The zero-order chi connectivity index (χ0) is 12.3. The van der Waals surface area contributed by atoms with Gasteiger partial charge in [0, 0.05) is 13.1 Å². The number of imidazole rings is 1. The fourth-order valence-electron chi connectivity index (χ4n) is 1.29. The Kier molecular flexibility index (Phi) is 3.89. The number of hydrogen-bond donors (Lipinski definition) is 3. The van der Waals surface area contributed by atoms with E-state index in [9.17, 15) is 8.42 Å². The minimum atomic E-state index is -3.74. The van der Waals surface area contributed by atoms with E-state index in [1.807, 2.05) is 0 Å². The second kappa shape index (κ2) is 4.81. The van der Waals surface area contributed by atoms with Crippen LogP contribution in [0.4, 0.5) is 5.82 Å². The van der Waals surface area contributed by atoms with E-state index >= 15 is 0 Å². The molecule has 0 radical (unpaired) electrons. The highest BCUT2D eigenvalue weighted by atomic mass is 32.2. The molecule has 0 spiro atoms. The molecule has 16 heavy (non-hydrogen) atoms. The summed E-state index contributed by atoms with van der Waals surface area (Å²) in [4.78, 5) is 3.70. The Morgan fingerprint density at radius 1 is 1.69 bits per heavy atom. The SMILES string of the molecule is CC[C@@H](CO)NS(=O)(=O)c1c(N)ncn1C. The molecule has 1 aromatic heterocycles. The monoisotopic (exact) mass is 248 g/mol. The second-order valence-electron chi connectivity index (χ2n) is 3.45. The van der Waals surface area contributed by atoms with Crippen LogP contribution in [0.5, 0.6) is 0 Å². The lowest BCUT2D eigenvalue weighted by atomic mass is 10.3. The number of sulfonamides is 1. The fraction of sp³-hybridized carbons (Fsp3) is 0.625. The van der Waals surface area contributed by atoms with Crippen molar-refractivity contribution in [2.45, 2.75) is 24.4 Å². The number of rotatable bonds is 5. The standard InChI is InChI=1S/C8H16N4O3S/c1-3-6(4-13)11-16(14,15)8-7(9)10-5-12(8)2/h5-6,11,13H,3-4,9H2,1-2H3/t6-/m0/s1. The molecule has 0 saturated carbocycles. The second-order valence-corrected chi connectivity index (χ2v) is 5.08. The van der Waals surface area contributed by atoms with Gasteiger partial charge in [-0.05, 0) is 6.42 Å². The van der Waals surface area contributed by atoms with Gasteiger partial charge >= 0.3 is 0 Å². The Hall–Kier alpha value is -1.12. The largest absolute Gasteiger partial charge is 0.395 e. The van der Waals surface area contributed by atoms with Crippen molar-refractivity contribution in [1.29, 1.82) is 0 Å². The third-order valence-electron chi connectivity index (χ3n) is 2.20. The molecule has 7 nitrogen and oxygen atoms in total. The molecule has 92 valence electrons. The van der Waals surface area contributed by atoms with Crippen LogP contribution >= 0.6 is 0 Å². The third kappa shape index (κ3) is 2.52. The third-order valence-corrected chi connectivity index (χ3v) is 3.85. The summed E-state index contributed by atoms with van der Waals surface area (Å²) in [6.07, 6.45) is 1.82. The van der Waals surface area contributed by atoms with E-state index in [0.717, 1.165) is 0 Å². The maximum Gasteiger partial charge on any atom is 0.260 e. The molecule has 0 aliphatic carbocycles. The van der Waals surface area contributed by atoms with Gasteiger partial charge in [0.1, 0.15) is 0 Å². The predicted molar refractivity (Wildman–Crippen MR) is 59.1 cm³/mol. The molecule has 1 atom stereocenters. The first-order valence-corrected chi connectivity index (χ1v) is 6.30. The highest BCUT2D eigenvalue weighted by Gasteiger charge is 2.24. The maximum absolute atomic E-state index is 11.9. The van der Waals surface area contributed by atoms with E-state index in [-0.39, 0.29) is 17.5 Å². The van der Waals surface area contributed by atoms with Crippen LogP contribution in [0.1, 0.15) is 13.3 Å². The number of hydrogen-bond acceptors (Lipinski definition) is 5. The van der Waals surface area contributed by atoms with E-state index in [4.69, 9.17) is 10.8 Å². The topological polar surface area (TPSA) is 110 Å². The van der Waals surface area contributed by atoms with E-state index in [2.05, 4.69) is 9.71 Å². The van der Waals surface area contributed by atoms with Crippen LogP contribution in [0.25, 0.3) is 0 Å². The van der Waals surface area contributed by atoms with Crippen LogP contribution < -0.4 is 10.5 Å². The highest BCUT2D eigenvalue weighted by molar-refractivity contribution is 7.89. The molecule has 0 aliphatic rings. The molecule has 1 aromatic rings. The summed E-state index contributed by atoms with van der Waals surface area (Å²) in [6, 6.07) is -0.515. The van der Waals surface area contributed by atoms with Crippen LogP contribution in [0, 0.1) is 0 Å². The van der Waals surface area contributed by atoms with Crippen molar-refractivity contribution >= 4 is 15.8 Å². The molecule has 0 fully saturated rings. The van der Waals surface area contributed by atoms with Crippen molar-refractivity contribution in [2.24, 2.45) is 7.05 Å². The molecule has 0 unspecified atom stereocenters. The minimum Gasteiger partial charge on any atom is -0.395 e. The number of aliphatic hydroxyl groups is 1. The Bertz CT molecular complexity index is 430. The summed E-state index contributed by atoms with van der Waals surface area (Å²) in [5, 5.41) is 8.86. The van der Waals surface area contributed by atoms with Gasteiger partial charge in [-0.15, -0.1) is 0 Å². The van der Waals surface area contributed by atoms with E-state index < -0.39 is 16.1 Å². The number of anilines is 1. The Morgan fingerprint density at radius 2 is 2.31 bits per heavy atom. The van der Waals surface area contributed by atoms with Gasteiger partial charge in [0.05, 0.1) is 12.9 Å². The molecule has 0 saturated heterocycles. The van der Waals surface area contributed by atoms with Gasteiger partial charge in [-0.2, -0.15) is 0 Å². The number of aliphatic hydroxyl groups excluding tert-OH is 1. The Labute approximate surface area is 94.3 Å². The first-order chi connectivity index (χ1) is 7.42. The first-order valence-electron chi connectivity index (χ1n) is 4.82. The smallest absolute Gasteiger partial charge is 0.260 e. The van der Waals surface area contributed by atoms with Crippen molar-refractivity contribution in [3.05, 3.63) is 6.33 Å². The molecule has 8 heteroatoms. The van der Waals surface area contributed by atoms with E-state index in [0.29, 0.717) is 6.42 Å². The lowest BCUT2D eigenvalue weighted by Crippen LogP contribution is -2.37.